The molecule has 1 aliphatic carbocycles. The molecule has 19 heavy (non-hydrogen) atoms. The first-order chi connectivity index (χ1) is 9.17. The summed E-state index contributed by atoms with van der Waals surface area (Å²) in [7, 11) is 0. The minimum Gasteiger partial charge on any atom is -0.321 e. The van der Waals surface area contributed by atoms with Gasteiger partial charge in [0.15, 0.2) is 0 Å². The van der Waals surface area contributed by atoms with Crippen molar-refractivity contribution in [3.05, 3.63) is 42.1 Å². The zero-order chi connectivity index (χ0) is 13.3. The van der Waals surface area contributed by atoms with Gasteiger partial charge in [-0.1, -0.05) is 31.9 Å². The normalized spacial score (nSPS) is 28.2. The highest BCUT2D eigenvalue weighted by atomic mass is 14.7. The molecule has 1 heterocycles. The highest BCUT2D eigenvalue weighted by molar-refractivity contribution is 5.79. The summed E-state index contributed by atoms with van der Waals surface area (Å²) >= 11 is 0. The van der Waals surface area contributed by atoms with Crippen LogP contribution in [0.2, 0.25) is 0 Å². The molecule has 0 radical (unpaired) electrons. The number of pyridine rings is 1. The number of hydrogen-bond acceptors (Lipinski definition) is 2. The standard InChI is InChI=1S/C17H22N2/c1-13-4-2-9-17(18,10-8-13)15-6-7-16-14(12-15)5-3-11-19-16/h3,5-7,11-13H,2,4,8-10,18H2,1H3. The van der Waals surface area contributed by atoms with Gasteiger partial charge in [0.05, 0.1) is 5.52 Å². The molecule has 1 aliphatic rings. The summed E-state index contributed by atoms with van der Waals surface area (Å²) in [6, 6.07) is 10.6. The average Bonchev–Trinajstić information content (AvgIpc) is 2.61. The van der Waals surface area contributed by atoms with Crippen LogP contribution in [0.25, 0.3) is 10.9 Å². The lowest BCUT2D eigenvalue weighted by molar-refractivity contribution is 0.378. The summed E-state index contributed by atoms with van der Waals surface area (Å²) in [5, 5.41) is 1.20. The Labute approximate surface area is 115 Å². The molecule has 2 N–H and O–H groups in total. The largest absolute Gasteiger partial charge is 0.321 e. The lowest BCUT2D eigenvalue weighted by Gasteiger charge is -2.29. The average molecular weight is 254 g/mol. The number of benzene rings is 1. The number of nitrogens with two attached hydrogens (primary N) is 1. The predicted molar refractivity (Wildman–Crippen MR) is 79.9 cm³/mol. The van der Waals surface area contributed by atoms with Crippen molar-refractivity contribution in [1.29, 1.82) is 0 Å². The van der Waals surface area contributed by atoms with Crippen molar-refractivity contribution in [3.8, 4) is 0 Å². The molecular formula is C17H22N2. The number of nitrogens with zero attached hydrogens (tertiary/aromatic N) is 1. The molecule has 2 unspecified atom stereocenters. The smallest absolute Gasteiger partial charge is 0.0702 e. The van der Waals surface area contributed by atoms with Gasteiger partial charge in [-0.2, -0.15) is 0 Å². The van der Waals surface area contributed by atoms with Crippen molar-refractivity contribution in [1.82, 2.24) is 4.98 Å². The molecule has 100 valence electrons. The monoisotopic (exact) mass is 254 g/mol. The molecule has 0 amide bonds. The van der Waals surface area contributed by atoms with E-state index in [1.54, 1.807) is 0 Å². The fourth-order valence-corrected chi connectivity index (χ4v) is 3.21. The van der Waals surface area contributed by atoms with Crippen molar-refractivity contribution in [2.45, 2.75) is 44.6 Å². The maximum Gasteiger partial charge on any atom is 0.0702 e. The van der Waals surface area contributed by atoms with E-state index < -0.39 is 0 Å². The van der Waals surface area contributed by atoms with E-state index in [0.29, 0.717) is 0 Å². The Morgan fingerprint density at radius 1 is 1.21 bits per heavy atom. The van der Waals surface area contributed by atoms with Crippen LogP contribution in [0.1, 0.15) is 44.6 Å². The van der Waals surface area contributed by atoms with Crippen LogP contribution >= 0.6 is 0 Å². The predicted octanol–water partition coefficient (Wildman–Crippen LogP) is 3.99. The zero-order valence-electron chi connectivity index (χ0n) is 11.6. The van der Waals surface area contributed by atoms with Crippen LogP contribution in [0.15, 0.2) is 36.5 Å². The van der Waals surface area contributed by atoms with Gasteiger partial charge in [-0.25, -0.2) is 0 Å². The summed E-state index contributed by atoms with van der Waals surface area (Å²) in [5.74, 6) is 0.813. The molecule has 3 rings (SSSR count). The van der Waals surface area contributed by atoms with Crippen LogP contribution < -0.4 is 5.73 Å². The Kier molecular flexibility index (Phi) is 3.28. The highest BCUT2D eigenvalue weighted by Gasteiger charge is 2.30. The topological polar surface area (TPSA) is 38.9 Å². The lowest BCUT2D eigenvalue weighted by atomic mass is 9.83. The van der Waals surface area contributed by atoms with E-state index in [1.807, 2.05) is 12.3 Å². The van der Waals surface area contributed by atoms with Gasteiger partial charge < -0.3 is 5.73 Å². The van der Waals surface area contributed by atoms with Gasteiger partial charge >= 0.3 is 0 Å². The first-order valence-electron chi connectivity index (χ1n) is 7.31. The van der Waals surface area contributed by atoms with Crippen LogP contribution in [0.5, 0.6) is 0 Å². The molecular weight excluding hydrogens is 232 g/mol. The Morgan fingerprint density at radius 3 is 3.00 bits per heavy atom. The molecule has 0 spiro atoms. The number of rotatable bonds is 1. The third-order valence-electron chi connectivity index (χ3n) is 4.58. The minimum absolute atomic E-state index is 0.144. The summed E-state index contributed by atoms with van der Waals surface area (Å²) in [6.07, 6.45) is 7.83. The van der Waals surface area contributed by atoms with E-state index in [2.05, 4.69) is 36.2 Å². The van der Waals surface area contributed by atoms with Crippen LogP contribution in [-0.2, 0) is 5.54 Å². The molecule has 2 heteroatoms. The molecule has 0 bridgehead atoms. The SMILES string of the molecule is CC1CCCC(N)(c2ccc3ncccc3c2)CC1. The van der Waals surface area contributed by atoms with E-state index in [4.69, 9.17) is 5.73 Å². The molecule has 1 aromatic heterocycles. The fourth-order valence-electron chi connectivity index (χ4n) is 3.21. The second-order valence-corrected chi connectivity index (χ2v) is 6.10. The van der Waals surface area contributed by atoms with Gasteiger partial charge in [-0.15, -0.1) is 0 Å². The van der Waals surface area contributed by atoms with Gasteiger partial charge in [0.25, 0.3) is 0 Å². The van der Waals surface area contributed by atoms with Crippen LogP contribution in [0.3, 0.4) is 0 Å². The summed E-state index contributed by atoms with van der Waals surface area (Å²) in [5.41, 5.74) is 8.90. The molecule has 0 saturated heterocycles. The Bertz CT molecular complexity index is 578. The van der Waals surface area contributed by atoms with Crippen molar-refractivity contribution >= 4 is 10.9 Å². The first-order valence-corrected chi connectivity index (χ1v) is 7.31. The van der Waals surface area contributed by atoms with Gasteiger partial charge in [0, 0.05) is 17.1 Å². The lowest BCUT2D eigenvalue weighted by Crippen LogP contribution is -2.36. The van der Waals surface area contributed by atoms with Crippen LogP contribution in [0.4, 0.5) is 0 Å². The van der Waals surface area contributed by atoms with E-state index >= 15 is 0 Å². The summed E-state index contributed by atoms with van der Waals surface area (Å²) in [6.45, 7) is 2.34. The van der Waals surface area contributed by atoms with Gasteiger partial charge in [-0.3, -0.25) is 4.98 Å². The van der Waals surface area contributed by atoms with Crippen molar-refractivity contribution < 1.29 is 0 Å². The molecule has 1 saturated carbocycles. The molecule has 2 nitrogen and oxygen atoms in total. The summed E-state index contributed by atoms with van der Waals surface area (Å²) < 4.78 is 0. The number of aromatic nitrogens is 1. The third kappa shape index (κ3) is 2.50. The summed E-state index contributed by atoms with van der Waals surface area (Å²) in [4.78, 5) is 4.38. The number of hydrogen-bond donors (Lipinski definition) is 1. The molecule has 0 aliphatic heterocycles. The maximum atomic E-state index is 6.71. The molecule has 1 aromatic carbocycles. The molecule has 2 atom stereocenters. The maximum absolute atomic E-state index is 6.71. The zero-order valence-corrected chi connectivity index (χ0v) is 11.6. The van der Waals surface area contributed by atoms with E-state index in [-0.39, 0.29) is 5.54 Å². The van der Waals surface area contributed by atoms with Crippen molar-refractivity contribution in [3.63, 3.8) is 0 Å². The van der Waals surface area contributed by atoms with Crippen LogP contribution in [-0.4, -0.2) is 4.98 Å². The minimum atomic E-state index is -0.144. The quantitative estimate of drug-likeness (QED) is 0.781. The molecule has 1 fully saturated rings. The first kappa shape index (κ1) is 12.6. The van der Waals surface area contributed by atoms with E-state index in [0.717, 1.165) is 24.3 Å². The van der Waals surface area contributed by atoms with Crippen LogP contribution in [0, 0.1) is 5.92 Å². The highest BCUT2D eigenvalue weighted by Crippen LogP contribution is 2.36. The Hall–Kier alpha value is -1.41. The van der Waals surface area contributed by atoms with Gasteiger partial charge in [0.1, 0.15) is 0 Å². The second-order valence-electron chi connectivity index (χ2n) is 6.10. The Balaban J connectivity index is 1.97. The van der Waals surface area contributed by atoms with Crippen molar-refractivity contribution in [2.24, 2.45) is 11.7 Å². The third-order valence-corrected chi connectivity index (χ3v) is 4.58. The van der Waals surface area contributed by atoms with E-state index in [1.165, 1.54) is 30.2 Å². The van der Waals surface area contributed by atoms with Gasteiger partial charge in [-0.05, 0) is 48.9 Å². The van der Waals surface area contributed by atoms with Crippen molar-refractivity contribution in [2.75, 3.05) is 0 Å². The fraction of sp³-hybridized carbons (Fsp3) is 0.471. The number of fused-ring (bicyclic) bond motifs is 1. The van der Waals surface area contributed by atoms with E-state index in [9.17, 15) is 0 Å². The second kappa shape index (κ2) is 4.93. The van der Waals surface area contributed by atoms with Gasteiger partial charge in [0.2, 0.25) is 0 Å². The molecule has 2 aromatic rings. The Morgan fingerprint density at radius 2 is 2.11 bits per heavy atom.